The molecule has 2 heterocycles. The Balaban J connectivity index is 0.00000196. The van der Waals surface area contributed by atoms with Gasteiger partial charge in [0.15, 0.2) is 0 Å². The zero-order valence-electron chi connectivity index (χ0n) is 14.6. The topological polar surface area (TPSA) is 32.3 Å². The fraction of sp³-hybridized carbons (Fsp3) is 0.450. The third-order valence-electron chi connectivity index (χ3n) is 5.62. The molecule has 1 aromatic carbocycles. The molecule has 1 saturated carbocycles. The lowest BCUT2D eigenvalue weighted by Crippen LogP contribution is -2.39. The predicted molar refractivity (Wildman–Crippen MR) is 105 cm³/mol. The van der Waals surface area contributed by atoms with Crippen LogP contribution in [0.25, 0.3) is 0 Å². The number of rotatable bonds is 5. The molecule has 1 aliphatic heterocycles. The fourth-order valence-electron chi connectivity index (χ4n) is 4.10. The first-order valence-electron chi connectivity index (χ1n) is 8.92. The summed E-state index contributed by atoms with van der Waals surface area (Å²) in [6.07, 6.45) is 3.66. The Bertz CT molecular complexity index is 746. The van der Waals surface area contributed by atoms with E-state index in [9.17, 15) is 9.18 Å². The first-order valence-corrected chi connectivity index (χ1v) is 9.86. The van der Waals surface area contributed by atoms with Crippen molar-refractivity contribution in [2.45, 2.75) is 38.3 Å². The summed E-state index contributed by atoms with van der Waals surface area (Å²) in [5.74, 6) is -0.173. The molecule has 140 valence electrons. The maximum Gasteiger partial charge on any atom is 0.227 e. The Morgan fingerprint density at radius 2 is 2.08 bits per heavy atom. The SMILES string of the molecule is Cl.O=C(Cc1cccc(F)c1)N(Cc1ccsc1)C1CC12CCNCC2. The summed E-state index contributed by atoms with van der Waals surface area (Å²) < 4.78 is 13.4. The minimum Gasteiger partial charge on any atom is -0.334 e. The summed E-state index contributed by atoms with van der Waals surface area (Å²) in [7, 11) is 0. The molecule has 1 saturated heterocycles. The molecular formula is C20H24ClFN2OS. The van der Waals surface area contributed by atoms with Gasteiger partial charge >= 0.3 is 0 Å². The van der Waals surface area contributed by atoms with Crippen LogP contribution in [0, 0.1) is 11.2 Å². The summed E-state index contributed by atoms with van der Waals surface area (Å²) >= 11 is 1.66. The van der Waals surface area contributed by atoms with E-state index >= 15 is 0 Å². The van der Waals surface area contributed by atoms with Gasteiger partial charge in [-0.05, 0) is 77.9 Å². The van der Waals surface area contributed by atoms with Crippen molar-refractivity contribution in [2.24, 2.45) is 5.41 Å². The van der Waals surface area contributed by atoms with E-state index in [1.807, 2.05) is 6.07 Å². The van der Waals surface area contributed by atoms with Gasteiger partial charge in [-0.3, -0.25) is 4.79 Å². The molecule has 2 aromatic rings. The lowest BCUT2D eigenvalue weighted by Gasteiger charge is -2.29. The molecule has 0 bridgehead atoms. The van der Waals surface area contributed by atoms with Gasteiger partial charge in [-0.1, -0.05) is 12.1 Å². The highest BCUT2D eigenvalue weighted by Crippen LogP contribution is 2.56. The summed E-state index contributed by atoms with van der Waals surface area (Å²) in [5, 5.41) is 7.58. The minimum absolute atomic E-state index is 0. The average Bonchev–Trinajstić information content (AvgIpc) is 3.04. The van der Waals surface area contributed by atoms with Crippen molar-refractivity contribution in [1.82, 2.24) is 10.2 Å². The van der Waals surface area contributed by atoms with Crippen LogP contribution >= 0.6 is 23.7 Å². The van der Waals surface area contributed by atoms with Crippen LogP contribution in [0.2, 0.25) is 0 Å². The van der Waals surface area contributed by atoms with E-state index in [1.54, 1.807) is 17.4 Å². The normalized spacial score (nSPS) is 20.4. The summed E-state index contributed by atoms with van der Waals surface area (Å²) in [6, 6.07) is 8.81. The molecule has 1 N–H and O–H groups in total. The molecule has 26 heavy (non-hydrogen) atoms. The maximum absolute atomic E-state index is 13.4. The van der Waals surface area contributed by atoms with Gasteiger partial charge in [0, 0.05) is 12.6 Å². The Labute approximate surface area is 164 Å². The lowest BCUT2D eigenvalue weighted by molar-refractivity contribution is -0.132. The third-order valence-corrected chi connectivity index (χ3v) is 6.35. The molecule has 0 radical (unpaired) electrons. The number of hydrogen-bond donors (Lipinski definition) is 1. The van der Waals surface area contributed by atoms with Gasteiger partial charge in [-0.15, -0.1) is 12.4 Å². The number of nitrogens with one attached hydrogen (secondary N) is 1. The summed E-state index contributed by atoms with van der Waals surface area (Å²) in [6.45, 7) is 2.75. The van der Waals surface area contributed by atoms with Gasteiger partial charge in [0.1, 0.15) is 5.82 Å². The zero-order valence-corrected chi connectivity index (χ0v) is 16.3. The molecule has 1 unspecified atom stereocenters. The molecule has 2 aliphatic rings. The number of nitrogens with zero attached hydrogens (tertiary/aromatic N) is 1. The van der Waals surface area contributed by atoms with Gasteiger partial charge in [-0.2, -0.15) is 11.3 Å². The molecule has 4 rings (SSSR count). The molecule has 1 spiro atoms. The molecule has 1 amide bonds. The highest BCUT2D eigenvalue weighted by atomic mass is 35.5. The van der Waals surface area contributed by atoms with Crippen molar-refractivity contribution >= 4 is 29.7 Å². The fourth-order valence-corrected chi connectivity index (χ4v) is 4.76. The molecule has 1 aliphatic carbocycles. The Kier molecular flexibility index (Phi) is 6.00. The standard InChI is InChI=1S/C20H23FN2OS.ClH/c21-17-3-1-2-15(10-17)11-19(24)23(13-16-4-9-25-14-16)18-12-20(18)5-7-22-8-6-20;/h1-4,9-10,14,18,22H,5-8,11-13H2;1H. The number of amides is 1. The van der Waals surface area contributed by atoms with E-state index in [4.69, 9.17) is 0 Å². The maximum atomic E-state index is 13.4. The zero-order chi connectivity index (χ0) is 17.3. The van der Waals surface area contributed by atoms with Crippen LogP contribution in [0.5, 0.6) is 0 Å². The predicted octanol–water partition coefficient (Wildman–Crippen LogP) is 4.02. The number of piperidine rings is 1. The van der Waals surface area contributed by atoms with Crippen molar-refractivity contribution in [2.75, 3.05) is 13.1 Å². The van der Waals surface area contributed by atoms with E-state index in [0.717, 1.165) is 37.9 Å². The Morgan fingerprint density at radius 1 is 1.27 bits per heavy atom. The second-order valence-corrected chi connectivity index (χ2v) is 8.07. The first kappa shape index (κ1) is 19.3. The van der Waals surface area contributed by atoms with Crippen molar-refractivity contribution in [3.05, 3.63) is 58.0 Å². The molecule has 1 atom stereocenters. The van der Waals surface area contributed by atoms with Gasteiger partial charge in [0.05, 0.1) is 6.42 Å². The van der Waals surface area contributed by atoms with Crippen LogP contribution in [-0.4, -0.2) is 29.9 Å². The van der Waals surface area contributed by atoms with Gasteiger partial charge in [0.2, 0.25) is 5.91 Å². The number of benzene rings is 1. The molecule has 1 aromatic heterocycles. The van der Waals surface area contributed by atoms with Gasteiger partial charge in [0.25, 0.3) is 0 Å². The van der Waals surface area contributed by atoms with Crippen LogP contribution in [0.4, 0.5) is 4.39 Å². The highest BCUT2D eigenvalue weighted by molar-refractivity contribution is 7.07. The summed E-state index contributed by atoms with van der Waals surface area (Å²) in [5.41, 5.74) is 2.24. The van der Waals surface area contributed by atoms with Crippen molar-refractivity contribution < 1.29 is 9.18 Å². The van der Waals surface area contributed by atoms with E-state index in [0.29, 0.717) is 18.0 Å². The second-order valence-electron chi connectivity index (χ2n) is 7.29. The van der Waals surface area contributed by atoms with Crippen LogP contribution in [0.15, 0.2) is 41.1 Å². The largest absolute Gasteiger partial charge is 0.334 e. The number of halogens is 2. The average molecular weight is 395 g/mol. The van der Waals surface area contributed by atoms with E-state index < -0.39 is 0 Å². The Hall–Kier alpha value is -1.43. The quantitative estimate of drug-likeness (QED) is 0.830. The lowest BCUT2D eigenvalue weighted by atomic mass is 9.93. The van der Waals surface area contributed by atoms with Crippen LogP contribution < -0.4 is 5.32 Å². The highest BCUT2D eigenvalue weighted by Gasteiger charge is 2.57. The molecular weight excluding hydrogens is 371 g/mol. The van der Waals surface area contributed by atoms with Crippen LogP contribution in [0.3, 0.4) is 0 Å². The van der Waals surface area contributed by atoms with Crippen molar-refractivity contribution in [3.8, 4) is 0 Å². The third kappa shape index (κ3) is 4.11. The van der Waals surface area contributed by atoms with Crippen molar-refractivity contribution in [3.63, 3.8) is 0 Å². The number of carbonyl (C=O) groups is 1. The molecule has 3 nitrogen and oxygen atoms in total. The van der Waals surface area contributed by atoms with Crippen molar-refractivity contribution in [1.29, 1.82) is 0 Å². The van der Waals surface area contributed by atoms with E-state index in [-0.39, 0.29) is 30.6 Å². The first-order chi connectivity index (χ1) is 12.2. The van der Waals surface area contributed by atoms with Gasteiger partial charge < -0.3 is 10.2 Å². The van der Waals surface area contributed by atoms with E-state index in [2.05, 4.69) is 27.0 Å². The monoisotopic (exact) mass is 394 g/mol. The summed E-state index contributed by atoms with van der Waals surface area (Å²) in [4.78, 5) is 15.1. The van der Waals surface area contributed by atoms with E-state index in [1.165, 1.54) is 17.7 Å². The Morgan fingerprint density at radius 3 is 2.77 bits per heavy atom. The van der Waals surface area contributed by atoms with Gasteiger partial charge in [-0.25, -0.2) is 4.39 Å². The number of hydrogen-bond acceptors (Lipinski definition) is 3. The van der Waals surface area contributed by atoms with Crippen LogP contribution in [-0.2, 0) is 17.8 Å². The van der Waals surface area contributed by atoms with Crippen LogP contribution in [0.1, 0.15) is 30.4 Å². The minimum atomic E-state index is -0.282. The number of thiophene rings is 1. The second kappa shape index (κ2) is 8.07. The molecule has 2 fully saturated rings. The smallest absolute Gasteiger partial charge is 0.227 e. The molecule has 6 heteroatoms. The number of carbonyl (C=O) groups excluding carboxylic acids is 1.